The van der Waals surface area contributed by atoms with Gasteiger partial charge in [0.25, 0.3) is 0 Å². The molecule has 52 heavy (non-hydrogen) atoms. The predicted molar refractivity (Wildman–Crippen MR) is 199 cm³/mol. The minimum atomic E-state index is -4.56. The van der Waals surface area contributed by atoms with Crippen molar-refractivity contribution >= 4 is 69.5 Å². The molecule has 1 saturated carbocycles. The zero-order chi connectivity index (χ0) is 37.5. The third-order valence-corrected chi connectivity index (χ3v) is 11.8. The van der Waals surface area contributed by atoms with Crippen LogP contribution < -0.4 is 16.2 Å². The summed E-state index contributed by atoms with van der Waals surface area (Å²) in [7, 11) is 0. The summed E-state index contributed by atoms with van der Waals surface area (Å²) < 4.78 is 42.0. The van der Waals surface area contributed by atoms with Crippen molar-refractivity contribution in [2.45, 2.75) is 94.8 Å². The molecule has 0 bridgehead atoms. The van der Waals surface area contributed by atoms with Crippen LogP contribution in [0.3, 0.4) is 0 Å². The van der Waals surface area contributed by atoms with E-state index in [0.29, 0.717) is 68.9 Å². The number of hydrogen-bond donors (Lipinski definition) is 4. The average Bonchev–Trinajstić information content (AvgIpc) is 3.75. The highest BCUT2D eigenvalue weighted by Crippen LogP contribution is 2.47. The van der Waals surface area contributed by atoms with Gasteiger partial charge >= 0.3 is 6.18 Å². The zero-order valence-corrected chi connectivity index (χ0v) is 31.2. The van der Waals surface area contributed by atoms with Gasteiger partial charge in [0, 0.05) is 52.9 Å². The number of halogens is 5. The highest BCUT2D eigenvalue weighted by molar-refractivity contribution is 8.00. The molecule has 5 rings (SSSR count). The Bertz CT molecular complexity index is 1780. The summed E-state index contributed by atoms with van der Waals surface area (Å²) in [5.41, 5.74) is 3.64. The maximum absolute atomic E-state index is 13.5. The van der Waals surface area contributed by atoms with Crippen molar-refractivity contribution in [3.63, 3.8) is 0 Å². The lowest BCUT2D eigenvalue weighted by atomic mass is 9.92. The third-order valence-electron chi connectivity index (χ3n) is 9.57. The minimum absolute atomic E-state index is 0.0296. The Labute approximate surface area is 315 Å². The van der Waals surface area contributed by atoms with Crippen LogP contribution in [0.4, 0.5) is 13.2 Å². The van der Waals surface area contributed by atoms with E-state index in [-0.39, 0.29) is 30.3 Å². The molecule has 2 aliphatic rings. The third kappa shape index (κ3) is 11.2. The summed E-state index contributed by atoms with van der Waals surface area (Å²) in [6, 6.07) is 8.15. The van der Waals surface area contributed by atoms with E-state index in [2.05, 4.69) is 21.3 Å². The molecule has 4 unspecified atom stereocenters. The summed E-state index contributed by atoms with van der Waals surface area (Å²) in [4.78, 5) is 36.4. The zero-order valence-electron chi connectivity index (χ0n) is 28.9. The summed E-state index contributed by atoms with van der Waals surface area (Å²) >= 11 is 14.3. The van der Waals surface area contributed by atoms with Gasteiger partial charge in [-0.3, -0.25) is 24.5 Å². The van der Waals surface area contributed by atoms with Crippen LogP contribution in [0.5, 0.6) is 0 Å². The molecule has 1 aliphatic carbocycles. The van der Waals surface area contributed by atoms with E-state index in [1.54, 1.807) is 18.2 Å². The number of fused-ring (bicyclic) bond motifs is 2. The van der Waals surface area contributed by atoms with Crippen LogP contribution in [0.15, 0.2) is 42.5 Å². The van der Waals surface area contributed by atoms with Crippen LogP contribution in [0, 0.1) is 11.8 Å². The smallest absolute Gasteiger partial charge is 0.371 e. The van der Waals surface area contributed by atoms with E-state index in [9.17, 15) is 32.7 Å². The molecule has 1 aliphatic heterocycles. The van der Waals surface area contributed by atoms with Crippen molar-refractivity contribution in [2.75, 3.05) is 12.3 Å². The molecule has 2 fully saturated rings. The Morgan fingerprint density at radius 3 is 2.58 bits per heavy atom. The first-order valence-corrected chi connectivity index (χ1v) is 19.4. The van der Waals surface area contributed by atoms with Gasteiger partial charge in [-0.05, 0) is 98.2 Å². The Hall–Kier alpha value is -3.10. The number of carbonyl (C=O) groups excluding carboxylic acids is 3. The lowest BCUT2D eigenvalue weighted by Crippen LogP contribution is -2.51. The Morgan fingerprint density at radius 1 is 1.04 bits per heavy atom. The molecule has 2 amide bonds. The van der Waals surface area contributed by atoms with Crippen molar-refractivity contribution in [1.29, 1.82) is 0 Å². The van der Waals surface area contributed by atoms with Crippen molar-refractivity contribution in [2.24, 2.45) is 11.8 Å². The second-order valence-corrected chi connectivity index (χ2v) is 15.9. The van der Waals surface area contributed by atoms with Crippen molar-refractivity contribution in [1.82, 2.24) is 25.9 Å². The van der Waals surface area contributed by atoms with E-state index < -0.39 is 17.5 Å². The maximum Gasteiger partial charge on any atom is 0.416 e. The first kappa shape index (κ1) is 40.1. The van der Waals surface area contributed by atoms with Crippen molar-refractivity contribution in [3.05, 3.63) is 69.3 Å². The molecule has 4 atom stereocenters. The minimum Gasteiger partial charge on any atom is -0.371 e. The highest BCUT2D eigenvalue weighted by atomic mass is 35.5. The number of alkyl halides is 3. The summed E-state index contributed by atoms with van der Waals surface area (Å²) in [6.45, 7) is 2.02. The van der Waals surface area contributed by atoms with Crippen LogP contribution in [0.1, 0.15) is 88.0 Å². The van der Waals surface area contributed by atoms with E-state index in [4.69, 9.17) is 23.2 Å². The Balaban J connectivity index is 1.02. The quantitative estimate of drug-likeness (QED) is 0.0629. The van der Waals surface area contributed by atoms with Crippen LogP contribution in [-0.4, -0.2) is 55.8 Å². The largest absolute Gasteiger partial charge is 0.416 e. The van der Waals surface area contributed by atoms with Crippen LogP contribution in [-0.2, 0) is 27.1 Å². The molecule has 15 heteroatoms. The molecular formula is C37H44Cl2F3N5O4S. The fraction of sp³-hybridized carbons (Fsp3) is 0.514. The van der Waals surface area contributed by atoms with Gasteiger partial charge in [0.15, 0.2) is 0 Å². The number of aromatic nitrogens is 2. The first-order valence-electron chi connectivity index (χ1n) is 17.6. The van der Waals surface area contributed by atoms with Gasteiger partial charge in [-0.15, -0.1) is 0 Å². The van der Waals surface area contributed by atoms with Gasteiger partial charge in [0.2, 0.25) is 11.8 Å². The molecule has 2 aromatic carbocycles. The molecule has 282 valence electrons. The predicted octanol–water partition coefficient (Wildman–Crippen LogP) is 7.70. The van der Waals surface area contributed by atoms with Crippen molar-refractivity contribution in [3.8, 4) is 0 Å². The van der Waals surface area contributed by atoms with Crippen LogP contribution in [0.2, 0.25) is 10.0 Å². The summed E-state index contributed by atoms with van der Waals surface area (Å²) in [5.74, 6) is 2.29. The number of thioether (sulfide) groups is 1. The summed E-state index contributed by atoms with van der Waals surface area (Å²) in [6.07, 6.45) is 5.37. The lowest BCUT2D eigenvalue weighted by Gasteiger charge is -2.21. The number of hydrogen-bond acceptors (Lipinski definition) is 7. The lowest BCUT2D eigenvalue weighted by molar-refractivity contribution is -0.137. The van der Waals surface area contributed by atoms with Gasteiger partial charge in [-0.25, -0.2) is 5.43 Å². The fourth-order valence-electron chi connectivity index (χ4n) is 6.75. The molecule has 1 aromatic heterocycles. The van der Waals surface area contributed by atoms with E-state index in [1.165, 1.54) is 29.8 Å². The standard InChI is InChI=1S/C37H44Cl2F3N5O4S/c1-36(51,15-14-31-28-13-11-25(37(40,41)42)18-32(28)47(45-31)21-23-10-12-26(38)19-30(23)39)46-44-35(50)9-3-2-6-16-43-34(49)8-5-4-7-33-29-20-27(48)17-24(29)22-52-33/h10-15,18-19,24,29,33,46,51H,2-9,16-17,20-22H2,1H3,(H,43,49)(H,44,50). The molecular weight excluding hydrogens is 738 g/mol. The van der Waals surface area contributed by atoms with E-state index >= 15 is 0 Å². The van der Waals surface area contributed by atoms with E-state index in [0.717, 1.165) is 62.8 Å². The SMILES string of the molecule is CC(O)(C=Cc1nn(Cc2ccc(Cl)cc2Cl)c2cc(C(F)(F)F)ccc12)NNC(=O)CCCCCNC(=O)CCCCC1SCC2CC(=O)CC21. The molecule has 9 nitrogen and oxygen atoms in total. The van der Waals surface area contributed by atoms with Gasteiger partial charge in [-0.2, -0.15) is 30.0 Å². The monoisotopic (exact) mass is 781 g/mol. The van der Waals surface area contributed by atoms with Crippen LogP contribution in [0.25, 0.3) is 17.0 Å². The normalized spacial score (nSPS) is 20.1. The number of rotatable bonds is 17. The topological polar surface area (TPSA) is 125 Å². The average molecular weight is 783 g/mol. The first-order chi connectivity index (χ1) is 24.7. The number of unbranched alkanes of at least 4 members (excludes halogenated alkanes) is 3. The fourth-order valence-corrected chi connectivity index (χ4v) is 8.98. The highest BCUT2D eigenvalue weighted by Gasteiger charge is 2.42. The molecule has 4 N–H and O–H groups in total. The number of carbonyl (C=O) groups is 3. The summed E-state index contributed by atoms with van der Waals surface area (Å²) in [5, 5.41) is 20.0. The van der Waals surface area contributed by atoms with Crippen LogP contribution >= 0.6 is 35.0 Å². The molecule has 0 radical (unpaired) electrons. The molecule has 3 aromatic rings. The number of nitrogens with one attached hydrogen (secondary N) is 3. The molecule has 2 heterocycles. The van der Waals surface area contributed by atoms with Gasteiger partial charge in [0.1, 0.15) is 11.5 Å². The second-order valence-electron chi connectivity index (χ2n) is 13.8. The Morgan fingerprint density at radius 2 is 1.81 bits per heavy atom. The van der Waals surface area contributed by atoms with Crippen molar-refractivity contribution < 1.29 is 32.7 Å². The second kappa shape index (κ2) is 17.8. The molecule has 1 saturated heterocycles. The number of Topliss-reactive ketones (excluding diaryl/α,β-unsaturated/α-hetero) is 1. The van der Waals surface area contributed by atoms with Gasteiger partial charge in [0.05, 0.1) is 23.3 Å². The van der Waals surface area contributed by atoms with E-state index in [1.807, 2.05) is 11.8 Å². The van der Waals surface area contributed by atoms with Gasteiger partial charge < -0.3 is 10.4 Å². The number of hydrazine groups is 1. The number of aliphatic hydroxyl groups is 1. The number of nitrogens with zero attached hydrogens (tertiary/aromatic N) is 2. The Kier molecular flexibility index (Phi) is 13.7. The van der Waals surface area contributed by atoms with Gasteiger partial charge in [-0.1, -0.05) is 42.1 Å². The molecule has 0 spiro atoms. The number of amides is 2. The number of ketones is 1. The maximum atomic E-state index is 13.5. The number of benzene rings is 2.